The van der Waals surface area contributed by atoms with Gasteiger partial charge in [0.05, 0.1) is 40.4 Å². The summed E-state index contributed by atoms with van der Waals surface area (Å²) in [5.74, 6) is -1.80. The van der Waals surface area contributed by atoms with E-state index in [1.165, 1.54) is 18.2 Å². The van der Waals surface area contributed by atoms with Gasteiger partial charge in [-0.05, 0) is 25.8 Å². The summed E-state index contributed by atoms with van der Waals surface area (Å²) in [7, 11) is -5.98. The first-order chi connectivity index (χ1) is 16.7. The molecule has 1 aromatic carbocycles. The van der Waals surface area contributed by atoms with Crippen LogP contribution in [0.15, 0.2) is 29.5 Å². The average molecular weight is 359 g/mol. The zero-order valence-electron chi connectivity index (χ0n) is 25.0. The van der Waals surface area contributed by atoms with Gasteiger partial charge in [0, 0.05) is 42.8 Å². The topological polar surface area (TPSA) is 83.1 Å². The van der Waals surface area contributed by atoms with Gasteiger partial charge in [0.15, 0.2) is 5.75 Å². The van der Waals surface area contributed by atoms with Crippen LogP contribution in [0.2, 0.25) is 0 Å². The van der Waals surface area contributed by atoms with Gasteiger partial charge in [-0.3, -0.25) is 9.97 Å². The van der Waals surface area contributed by atoms with Gasteiger partial charge in [-0.15, -0.1) is 0 Å². The predicted molar refractivity (Wildman–Crippen MR) is 93.0 cm³/mol. The lowest BCUT2D eigenvalue weighted by atomic mass is 10.1. The van der Waals surface area contributed by atoms with E-state index in [1.54, 1.807) is 0 Å². The number of aromatic amines is 1. The lowest BCUT2D eigenvalue weighted by Crippen LogP contribution is -2.10. The number of hydrogen-bond donors (Lipinski definition) is 1. The van der Waals surface area contributed by atoms with Crippen molar-refractivity contribution in [1.82, 2.24) is 15.0 Å². The highest BCUT2D eigenvalue weighted by Gasteiger charge is 2.21. The summed E-state index contributed by atoms with van der Waals surface area (Å²) in [5, 5.41) is -0.177. The van der Waals surface area contributed by atoms with Crippen LogP contribution in [-0.4, -0.2) is 33.6 Å². The number of nitrogens with one attached hydrogen (secondary N) is 1. The highest BCUT2D eigenvalue weighted by Crippen LogP contribution is 2.27. The molecule has 7 heteroatoms. The average Bonchev–Trinajstić information content (AvgIpc) is 3.06. The molecular formula is C17H19N3O3S. The number of fused-ring (bicyclic) bond motifs is 1. The number of benzene rings is 1. The number of pyridine rings is 1. The Labute approximate surface area is 161 Å². The molecule has 0 aliphatic heterocycles. The molecule has 2 aromatic heterocycles. The Bertz CT molecular complexity index is 1300. The van der Waals surface area contributed by atoms with Crippen molar-refractivity contribution in [3.63, 3.8) is 0 Å². The minimum atomic E-state index is -3.27. The summed E-state index contributed by atoms with van der Waals surface area (Å²) >= 11 is -2.16. The number of aromatic nitrogens is 3. The van der Waals surface area contributed by atoms with Crippen LogP contribution in [0, 0.1) is 13.7 Å². The van der Waals surface area contributed by atoms with E-state index in [0.717, 1.165) is 0 Å². The van der Waals surface area contributed by atoms with Gasteiger partial charge in [0.2, 0.25) is 0 Å². The molecule has 3 aromatic rings. The minimum absolute atomic E-state index is 0.0340. The van der Waals surface area contributed by atoms with Crippen molar-refractivity contribution in [2.24, 2.45) is 0 Å². The Morgan fingerprint density at radius 3 is 3.04 bits per heavy atom. The third-order valence-electron chi connectivity index (χ3n) is 3.18. The molecule has 24 heavy (non-hydrogen) atoms. The summed E-state index contributed by atoms with van der Waals surface area (Å²) < 4.78 is 121. The maximum absolute atomic E-state index is 13.1. The van der Waals surface area contributed by atoms with Gasteiger partial charge in [-0.2, -0.15) is 4.98 Å². The fraction of sp³-hybridized carbons (Fsp3) is 0.294. The van der Waals surface area contributed by atoms with Crippen LogP contribution < -0.4 is 9.47 Å². The quantitative estimate of drug-likeness (QED) is 0.709. The van der Waals surface area contributed by atoms with E-state index in [9.17, 15) is 4.55 Å². The van der Waals surface area contributed by atoms with E-state index in [4.69, 9.17) is 27.3 Å². The first kappa shape index (κ1) is 6.93. The van der Waals surface area contributed by atoms with Gasteiger partial charge in [-0.1, -0.05) is 0 Å². The molecule has 0 fully saturated rings. The largest absolute Gasteiger partial charge is 0.609 e. The molecule has 0 bridgehead atoms. The minimum Gasteiger partial charge on any atom is -0.609 e. The van der Waals surface area contributed by atoms with Crippen molar-refractivity contribution >= 4 is 22.2 Å². The summed E-state index contributed by atoms with van der Waals surface area (Å²) in [4.78, 5) is 10.6. The normalized spacial score (nSPS) is 22.5. The molecule has 3 rings (SSSR count). The van der Waals surface area contributed by atoms with Crippen molar-refractivity contribution in [3.05, 3.63) is 41.2 Å². The van der Waals surface area contributed by atoms with Crippen molar-refractivity contribution in [2.75, 3.05) is 14.1 Å². The van der Waals surface area contributed by atoms with E-state index in [0.29, 0.717) is 5.52 Å². The molecular weight excluding hydrogens is 326 g/mol. The molecule has 0 saturated heterocycles. The molecule has 0 amide bonds. The maximum atomic E-state index is 13.1. The second-order valence-corrected chi connectivity index (χ2v) is 6.03. The third kappa shape index (κ3) is 3.05. The molecule has 1 N–H and O–H groups in total. The first-order valence-electron chi connectivity index (χ1n) is 13.0. The standard InChI is InChI=1S/C17H19N3O3S/c1-10-8-18-15(11(2)16(10)23-4)9-24(21)17-19-13-6-5-12(22-3)7-14(13)20-17/h5-8H,9H2,1-4H3,(H,19,20)/t24-/m0/s1/i1D3,2D3,3D3,4D3,8D. The van der Waals surface area contributed by atoms with Gasteiger partial charge in [0.1, 0.15) is 11.5 Å². The van der Waals surface area contributed by atoms with Crippen LogP contribution in [0.1, 0.15) is 34.6 Å². The zero-order valence-corrected chi connectivity index (χ0v) is 12.8. The number of ether oxygens (including phenoxy) is 2. The highest BCUT2D eigenvalue weighted by molar-refractivity contribution is 7.90. The SMILES string of the molecule is [2H]c1nc(C[S@+]([O-])c2nc3cc(OC([2H])([2H])[2H])ccc3[nH]2)c(C([2H])([2H])[2H])c(OC([2H])([2H])[2H])c1C([2H])([2H])[2H]. The second-order valence-electron chi connectivity index (χ2n) is 4.66. The van der Waals surface area contributed by atoms with Crippen LogP contribution in [0.3, 0.4) is 0 Å². The second kappa shape index (κ2) is 6.70. The Morgan fingerprint density at radius 2 is 2.25 bits per heavy atom. The monoisotopic (exact) mass is 358 g/mol. The summed E-state index contributed by atoms with van der Waals surface area (Å²) in [6.07, 6.45) is -0.963. The molecule has 6 nitrogen and oxygen atoms in total. The number of H-pyrrole nitrogens is 1. The molecule has 0 aliphatic carbocycles. The molecule has 2 heterocycles. The van der Waals surface area contributed by atoms with Crippen LogP contribution in [0.4, 0.5) is 0 Å². The summed E-state index contributed by atoms with van der Waals surface area (Å²) in [6, 6.07) is 4.04. The molecule has 0 spiro atoms. The lowest BCUT2D eigenvalue weighted by Gasteiger charge is -2.13. The van der Waals surface area contributed by atoms with Gasteiger partial charge < -0.3 is 14.0 Å². The summed E-state index contributed by atoms with van der Waals surface area (Å²) in [5.41, 5.74) is -1.92. The Hall–Kier alpha value is -2.25. The molecule has 0 unspecified atom stereocenters. The van der Waals surface area contributed by atoms with E-state index in [1.807, 2.05) is 0 Å². The maximum Gasteiger partial charge on any atom is 0.322 e. The van der Waals surface area contributed by atoms with Gasteiger partial charge in [0.25, 0.3) is 0 Å². The van der Waals surface area contributed by atoms with Gasteiger partial charge >= 0.3 is 5.16 Å². The smallest absolute Gasteiger partial charge is 0.322 e. The van der Waals surface area contributed by atoms with E-state index in [2.05, 4.69) is 15.0 Å². The van der Waals surface area contributed by atoms with E-state index >= 15 is 0 Å². The summed E-state index contributed by atoms with van der Waals surface area (Å²) in [6.45, 7) is -6.30. The number of imidazole rings is 1. The number of nitrogens with zero attached hydrogens (tertiary/aromatic N) is 2. The van der Waals surface area contributed by atoms with Crippen LogP contribution in [0.5, 0.6) is 11.5 Å². The predicted octanol–water partition coefficient (Wildman–Crippen LogP) is 2.90. The first-order valence-corrected chi connectivity index (χ1v) is 7.78. The van der Waals surface area contributed by atoms with Gasteiger partial charge in [-0.25, -0.2) is 0 Å². The number of hydrogen-bond acceptors (Lipinski definition) is 5. The molecule has 0 radical (unpaired) electrons. The molecule has 1 atom stereocenters. The number of rotatable bonds is 5. The Kier molecular flexibility index (Phi) is 1.94. The molecule has 0 aliphatic rings. The zero-order chi connectivity index (χ0) is 28.1. The molecule has 126 valence electrons. The van der Waals surface area contributed by atoms with Crippen molar-refractivity contribution in [1.29, 1.82) is 0 Å². The third-order valence-corrected chi connectivity index (χ3v) is 4.34. The fourth-order valence-corrected chi connectivity index (χ4v) is 3.04. The van der Waals surface area contributed by atoms with Crippen molar-refractivity contribution < 1.29 is 31.8 Å². The molecule has 0 saturated carbocycles. The van der Waals surface area contributed by atoms with Crippen LogP contribution in [0.25, 0.3) is 11.0 Å². The lowest BCUT2D eigenvalue weighted by molar-refractivity contribution is 0.407. The van der Waals surface area contributed by atoms with E-state index < -0.39 is 73.5 Å². The van der Waals surface area contributed by atoms with Crippen molar-refractivity contribution in [3.8, 4) is 11.5 Å². The Balaban J connectivity index is 2.10. The fourth-order valence-electron chi connectivity index (χ4n) is 2.02. The van der Waals surface area contributed by atoms with Crippen LogP contribution in [-0.2, 0) is 16.9 Å². The van der Waals surface area contributed by atoms with E-state index in [-0.39, 0.29) is 16.4 Å². The highest BCUT2D eigenvalue weighted by atomic mass is 32.2. The van der Waals surface area contributed by atoms with Crippen LogP contribution >= 0.6 is 0 Å². The number of methoxy groups -OCH3 is 2. The Morgan fingerprint density at radius 1 is 1.33 bits per heavy atom. The van der Waals surface area contributed by atoms with Crippen molar-refractivity contribution in [2.45, 2.75) is 24.6 Å².